The van der Waals surface area contributed by atoms with Gasteiger partial charge in [-0.3, -0.25) is 4.79 Å². The van der Waals surface area contributed by atoms with Crippen molar-refractivity contribution in [3.63, 3.8) is 0 Å². The van der Waals surface area contributed by atoms with E-state index in [9.17, 15) is 4.79 Å². The lowest BCUT2D eigenvalue weighted by Crippen LogP contribution is -2.38. The SMILES string of the molecule is O=C(NCC1(c2c[nH]c3cc(Cl)ccc23)CC1)C1CCCO1. The smallest absolute Gasteiger partial charge is 0.249 e. The molecule has 2 N–H and O–H groups in total. The van der Waals surface area contributed by atoms with Crippen LogP contribution in [0.25, 0.3) is 10.9 Å². The van der Waals surface area contributed by atoms with Crippen molar-refractivity contribution >= 4 is 28.4 Å². The number of nitrogens with one attached hydrogen (secondary N) is 2. The zero-order valence-electron chi connectivity index (χ0n) is 12.3. The first-order valence-electron chi connectivity index (χ1n) is 7.84. The second-order valence-electron chi connectivity index (χ2n) is 6.39. The van der Waals surface area contributed by atoms with E-state index >= 15 is 0 Å². The molecule has 4 nitrogen and oxygen atoms in total. The zero-order valence-corrected chi connectivity index (χ0v) is 13.1. The summed E-state index contributed by atoms with van der Waals surface area (Å²) in [6, 6.07) is 5.93. The molecule has 2 fully saturated rings. The van der Waals surface area contributed by atoms with Gasteiger partial charge in [-0.05, 0) is 43.4 Å². The summed E-state index contributed by atoms with van der Waals surface area (Å²) in [6.45, 7) is 1.38. The monoisotopic (exact) mass is 318 g/mol. The summed E-state index contributed by atoms with van der Waals surface area (Å²) in [5, 5.41) is 5.02. The van der Waals surface area contributed by atoms with E-state index in [0.29, 0.717) is 13.2 Å². The molecule has 5 heteroatoms. The van der Waals surface area contributed by atoms with Crippen LogP contribution in [0.3, 0.4) is 0 Å². The fraction of sp³-hybridized carbons (Fsp3) is 0.471. The average Bonchev–Trinajstić information content (AvgIpc) is 2.95. The van der Waals surface area contributed by atoms with Crippen molar-refractivity contribution in [1.82, 2.24) is 10.3 Å². The van der Waals surface area contributed by atoms with Gasteiger partial charge in [-0.1, -0.05) is 17.7 Å². The summed E-state index contributed by atoms with van der Waals surface area (Å²) in [6.07, 6.45) is 5.84. The fourth-order valence-electron chi connectivity index (χ4n) is 3.38. The van der Waals surface area contributed by atoms with Crippen LogP contribution in [0.1, 0.15) is 31.2 Å². The molecular weight excluding hydrogens is 300 g/mol. The standard InChI is InChI=1S/C17H19ClN2O2/c18-11-3-4-12-13(9-19-14(12)8-11)17(5-6-17)10-20-16(21)15-2-1-7-22-15/h3-4,8-9,15,19H,1-2,5-7,10H2,(H,20,21). The number of hydrogen-bond donors (Lipinski definition) is 2. The third-order valence-electron chi connectivity index (χ3n) is 4.89. The van der Waals surface area contributed by atoms with E-state index in [1.54, 1.807) is 0 Å². The number of fused-ring (bicyclic) bond motifs is 1. The van der Waals surface area contributed by atoms with Gasteiger partial charge >= 0.3 is 0 Å². The van der Waals surface area contributed by atoms with E-state index in [4.69, 9.17) is 16.3 Å². The van der Waals surface area contributed by atoms with Crippen molar-refractivity contribution in [3.05, 3.63) is 35.0 Å². The number of aromatic nitrogens is 1. The second-order valence-corrected chi connectivity index (χ2v) is 6.83. The van der Waals surface area contributed by atoms with E-state index in [1.807, 2.05) is 12.1 Å². The van der Waals surface area contributed by atoms with Gasteiger partial charge in [0.1, 0.15) is 6.10 Å². The van der Waals surface area contributed by atoms with Gasteiger partial charge in [0, 0.05) is 40.7 Å². The van der Waals surface area contributed by atoms with Gasteiger partial charge in [0.05, 0.1) is 0 Å². The molecule has 4 rings (SSSR count). The highest BCUT2D eigenvalue weighted by Gasteiger charge is 2.46. The van der Waals surface area contributed by atoms with Crippen LogP contribution < -0.4 is 5.32 Å². The Morgan fingerprint density at radius 3 is 3.05 bits per heavy atom. The van der Waals surface area contributed by atoms with Crippen LogP contribution in [0, 0.1) is 0 Å². The number of rotatable bonds is 4. The molecule has 2 heterocycles. The molecule has 0 radical (unpaired) electrons. The van der Waals surface area contributed by atoms with Crippen molar-refractivity contribution in [2.75, 3.05) is 13.2 Å². The number of carbonyl (C=O) groups is 1. The number of benzene rings is 1. The number of ether oxygens (including phenoxy) is 1. The van der Waals surface area contributed by atoms with Crippen LogP contribution in [-0.2, 0) is 14.9 Å². The molecule has 1 unspecified atom stereocenters. The first-order chi connectivity index (χ1) is 10.7. The van der Waals surface area contributed by atoms with E-state index < -0.39 is 0 Å². The van der Waals surface area contributed by atoms with Gasteiger partial charge < -0.3 is 15.0 Å². The van der Waals surface area contributed by atoms with Crippen molar-refractivity contribution in [2.24, 2.45) is 0 Å². The van der Waals surface area contributed by atoms with Crippen LogP contribution in [0.4, 0.5) is 0 Å². The van der Waals surface area contributed by atoms with Crippen LogP contribution in [0.15, 0.2) is 24.4 Å². The van der Waals surface area contributed by atoms with E-state index in [2.05, 4.69) is 22.6 Å². The highest BCUT2D eigenvalue weighted by molar-refractivity contribution is 6.31. The summed E-state index contributed by atoms with van der Waals surface area (Å²) in [5.41, 5.74) is 2.41. The van der Waals surface area contributed by atoms with Gasteiger partial charge in [-0.15, -0.1) is 0 Å². The molecule has 1 aliphatic heterocycles. The zero-order chi connectivity index (χ0) is 15.2. The van der Waals surface area contributed by atoms with Crippen LogP contribution in [0.2, 0.25) is 5.02 Å². The Labute approximate surface area is 134 Å². The van der Waals surface area contributed by atoms with Gasteiger partial charge in [-0.25, -0.2) is 0 Å². The highest BCUT2D eigenvalue weighted by Crippen LogP contribution is 2.50. The number of H-pyrrole nitrogens is 1. The summed E-state index contributed by atoms with van der Waals surface area (Å²) in [5.74, 6) is 0.0339. The Bertz CT molecular complexity index is 715. The summed E-state index contributed by atoms with van der Waals surface area (Å²) in [4.78, 5) is 15.4. The Kier molecular flexibility index (Phi) is 3.39. The lowest BCUT2D eigenvalue weighted by molar-refractivity contribution is -0.130. The average molecular weight is 319 g/mol. The number of hydrogen-bond acceptors (Lipinski definition) is 2. The van der Waals surface area contributed by atoms with Gasteiger partial charge in [0.25, 0.3) is 0 Å². The maximum absolute atomic E-state index is 12.1. The topological polar surface area (TPSA) is 54.1 Å². The van der Waals surface area contributed by atoms with Crippen LogP contribution in [0.5, 0.6) is 0 Å². The molecule has 116 valence electrons. The molecule has 1 aliphatic carbocycles. The molecule has 2 aromatic rings. The molecule has 1 atom stereocenters. The van der Waals surface area contributed by atoms with Gasteiger partial charge in [0.15, 0.2) is 0 Å². The minimum atomic E-state index is -0.252. The largest absolute Gasteiger partial charge is 0.368 e. The summed E-state index contributed by atoms with van der Waals surface area (Å²) >= 11 is 6.04. The van der Waals surface area contributed by atoms with Crippen molar-refractivity contribution in [1.29, 1.82) is 0 Å². The number of aromatic amines is 1. The van der Waals surface area contributed by atoms with Gasteiger partial charge in [0.2, 0.25) is 5.91 Å². The minimum absolute atomic E-state index is 0.0339. The Hall–Kier alpha value is -1.52. The predicted molar refractivity (Wildman–Crippen MR) is 86.2 cm³/mol. The fourth-order valence-corrected chi connectivity index (χ4v) is 3.56. The lowest BCUT2D eigenvalue weighted by atomic mass is 9.95. The van der Waals surface area contributed by atoms with Crippen molar-refractivity contribution < 1.29 is 9.53 Å². The molecule has 0 spiro atoms. The Morgan fingerprint density at radius 1 is 1.45 bits per heavy atom. The molecule has 1 amide bonds. The minimum Gasteiger partial charge on any atom is -0.368 e. The highest BCUT2D eigenvalue weighted by atomic mass is 35.5. The van der Waals surface area contributed by atoms with E-state index in [0.717, 1.165) is 36.2 Å². The van der Waals surface area contributed by atoms with Gasteiger partial charge in [-0.2, -0.15) is 0 Å². The first kappa shape index (κ1) is 14.1. The third-order valence-corrected chi connectivity index (χ3v) is 5.13. The quantitative estimate of drug-likeness (QED) is 0.910. The molecular formula is C17H19ClN2O2. The predicted octanol–water partition coefficient (Wildman–Crippen LogP) is 3.15. The number of carbonyl (C=O) groups excluding carboxylic acids is 1. The molecule has 1 aromatic carbocycles. The molecule has 22 heavy (non-hydrogen) atoms. The Morgan fingerprint density at radius 2 is 2.32 bits per heavy atom. The van der Waals surface area contributed by atoms with E-state index in [1.165, 1.54) is 10.9 Å². The summed E-state index contributed by atoms with van der Waals surface area (Å²) in [7, 11) is 0. The first-order valence-corrected chi connectivity index (χ1v) is 8.22. The number of halogens is 1. The van der Waals surface area contributed by atoms with Crippen molar-refractivity contribution in [2.45, 2.75) is 37.2 Å². The second kappa shape index (κ2) is 5.28. The molecule has 0 bridgehead atoms. The molecule has 1 saturated carbocycles. The Balaban J connectivity index is 1.52. The third kappa shape index (κ3) is 2.40. The normalized spacial score (nSPS) is 22.9. The molecule has 2 aliphatic rings. The van der Waals surface area contributed by atoms with E-state index in [-0.39, 0.29) is 17.4 Å². The van der Waals surface area contributed by atoms with Crippen LogP contribution >= 0.6 is 11.6 Å². The summed E-state index contributed by atoms with van der Waals surface area (Å²) < 4.78 is 5.44. The maximum atomic E-state index is 12.1. The van der Waals surface area contributed by atoms with Crippen LogP contribution in [-0.4, -0.2) is 30.1 Å². The van der Waals surface area contributed by atoms with Crippen molar-refractivity contribution in [3.8, 4) is 0 Å². The maximum Gasteiger partial charge on any atom is 0.249 e. The molecule has 1 saturated heterocycles. The molecule has 1 aromatic heterocycles. The lowest BCUT2D eigenvalue weighted by Gasteiger charge is -2.17. The number of amides is 1.